The lowest BCUT2D eigenvalue weighted by atomic mass is 9.90. The zero-order chi connectivity index (χ0) is 24.6. The van der Waals surface area contributed by atoms with Gasteiger partial charge in [-0.1, -0.05) is 36.4 Å². The molecule has 0 spiro atoms. The molecule has 1 fully saturated rings. The Morgan fingerprint density at radius 3 is 2.51 bits per heavy atom. The summed E-state index contributed by atoms with van der Waals surface area (Å²) in [5, 5.41) is 7.75. The smallest absolute Gasteiger partial charge is 0.325 e. The van der Waals surface area contributed by atoms with Crippen LogP contribution in [-0.2, 0) is 16.9 Å². The second-order valence-corrected chi connectivity index (χ2v) is 8.30. The van der Waals surface area contributed by atoms with Crippen molar-refractivity contribution in [3.63, 3.8) is 0 Å². The van der Waals surface area contributed by atoms with Crippen LogP contribution in [0.2, 0.25) is 0 Å². The summed E-state index contributed by atoms with van der Waals surface area (Å²) in [5.74, 6) is 0.721. The van der Waals surface area contributed by atoms with Gasteiger partial charge in [0.15, 0.2) is 5.82 Å². The second-order valence-electron chi connectivity index (χ2n) is 8.30. The Labute approximate surface area is 201 Å². The number of methoxy groups -OCH3 is 1. The van der Waals surface area contributed by atoms with Gasteiger partial charge in [0.05, 0.1) is 13.7 Å². The number of nitrogen functional groups attached to an aromatic ring is 1. The summed E-state index contributed by atoms with van der Waals surface area (Å²) in [6.07, 6.45) is 0. The second kappa shape index (κ2) is 8.56. The normalized spacial score (nSPS) is 17.5. The van der Waals surface area contributed by atoms with E-state index in [0.717, 1.165) is 27.1 Å². The van der Waals surface area contributed by atoms with E-state index in [-0.39, 0.29) is 24.3 Å². The maximum Gasteiger partial charge on any atom is 0.325 e. The number of nitrogens with two attached hydrogens (primary N) is 1. The maximum absolute atomic E-state index is 13.4. The van der Waals surface area contributed by atoms with Gasteiger partial charge in [-0.2, -0.15) is 15.0 Å². The van der Waals surface area contributed by atoms with Gasteiger partial charge in [0.25, 0.3) is 5.91 Å². The average Bonchev–Trinajstić information content (AvgIpc) is 3.07. The molecule has 0 unspecified atom stereocenters. The van der Waals surface area contributed by atoms with Crippen LogP contribution in [0.1, 0.15) is 18.3 Å². The van der Waals surface area contributed by atoms with E-state index in [1.165, 1.54) is 0 Å². The van der Waals surface area contributed by atoms with Gasteiger partial charge in [-0.05, 0) is 53.6 Å². The molecule has 1 aliphatic rings. The lowest BCUT2D eigenvalue weighted by Crippen LogP contribution is -2.40. The topological polar surface area (TPSA) is 135 Å². The third kappa shape index (κ3) is 4.17. The number of ether oxygens (including phenoxy) is 1. The zero-order valence-corrected chi connectivity index (χ0v) is 19.1. The first-order valence-corrected chi connectivity index (χ1v) is 10.9. The third-order valence-corrected chi connectivity index (χ3v) is 5.93. The number of fused-ring (bicyclic) bond motifs is 1. The Bertz CT molecular complexity index is 1440. The number of rotatable bonds is 6. The Kier molecular flexibility index (Phi) is 5.40. The molecule has 35 heavy (non-hydrogen) atoms. The van der Waals surface area contributed by atoms with Crippen LogP contribution in [0.5, 0.6) is 5.75 Å². The summed E-state index contributed by atoms with van der Waals surface area (Å²) < 4.78 is 5.28. The summed E-state index contributed by atoms with van der Waals surface area (Å²) in [6, 6.07) is 20.1. The van der Waals surface area contributed by atoms with Gasteiger partial charge >= 0.3 is 6.03 Å². The molecule has 0 radical (unpaired) electrons. The highest BCUT2D eigenvalue weighted by Gasteiger charge is 2.49. The number of hydrogen-bond donors (Lipinski definition) is 3. The van der Waals surface area contributed by atoms with Crippen molar-refractivity contribution in [1.82, 2.24) is 25.2 Å². The number of carbonyl (C=O) groups is 2. The highest BCUT2D eigenvalue weighted by atomic mass is 16.5. The number of aromatic nitrogens is 3. The fourth-order valence-electron chi connectivity index (χ4n) is 4.05. The van der Waals surface area contributed by atoms with Crippen molar-refractivity contribution in [3.05, 3.63) is 78.1 Å². The van der Waals surface area contributed by atoms with Crippen LogP contribution in [0.4, 0.5) is 22.4 Å². The van der Waals surface area contributed by atoms with Crippen molar-refractivity contribution in [2.75, 3.05) is 18.2 Å². The molecule has 0 saturated carbocycles. The van der Waals surface area contributed by atoms with E-state index in [4.69, 9.17) is 10.5 Å². The number of imide groups is 1. The molecule has 2 heterocycles. The summed E-state index contributed by atoms with van der Waals surface area (Å²) in [4.78, 5) is 39.9. The molecule has 0 aliphatic carbocycles. The van der Waals surface area contributed by atoms with Crippen LogP contribution in [0, 0.1) is 0 Å². The van der Waals surface area contributed by atoms with Gasteiger partial charge in [0.1, 0.15) is 11.3 Å². The lowest BCUT2D eigenvalue weighted by Gasteiger charge is -2.22. The molecule has 4 N–H and O–H groups in total. The molecule has 10 nitrogen and oxygen atoms in total. The van der Waals surface area contributed by atoms with Gasteiger partial charge in [-0.15, -0.1) is 0 Å². The van der Waals surface area contributed by atoms with E-state index in [2.05, 4.69) is 25.6 Å². The largest absolute Gasteiger partial charge is 0.497 e. The zero-order valence-electron chi connectivity index (χ0n) is 19.1. The minimum atomic E-state index is -1.24. The van der Waals surface area contributed by atoms with E-state index in [0.29, 0.717) is 5.56 Å². The van der Waals surface area contributed by atoms with Crippen LogP contribution in [0.3, 0.4) is 0 Å². The minimum Gasteiger partial charge on any atom is -0.497 e. The van der Waals surface area contributed by atoms with E-state index in [1.54, 1.807) is 14.0 Å². The number of nitrogens with one attached hydrogen (secondary N) is 2. The molecular weight excluding hydrogens is 446 g/mol. The number of para-hydroxylation sites is 1. The van der Waals surface area contributed by atoms with Gasteiger partial charge < -0.3 is 21.1 Å². The van der Waals surface area contributed by atoms with Crippen molar-refractivity contribution in [2.45, 2.75) is 19.0 Å². The Morgan fingerprint density at radius 1 is 1.00 bits per heavy atom. The fraction of sp³-hybridized carbons (Fsp3) is 0.160. The first-order chi connectivity index (χ1) is 16.9. The Morgan fingerprint density at radius 2 is 1.74 bits per heavy atom. The van der Waals surface area contributed by atoms with E-state index >= 15 is 0 Å². The van der Waals surface area contributed by atoms with Crippen LogP contribution in [0.15, 0.2) is 66.7 Å². The molecule has 0 bridgehead atoms. The molecule has 176 valence electrons. The summed E-state index contributed by atoms with van der Waals surface area (Å²) in [5.41, 5.74) is 6.05. The molecule has 1 atom stereocenters. The molecule has 1 saturated heterocycles. The predicted molar refractivity (Wildman–Crippen MR) is 131 cm³/mol. The minimum absolute atomic E-state index is 0.0202. The summed E-state index contributed by atoms with van der Waals surface area (Å²) >= 11 is 0. The first-order valence-electron chi connectivity index (χ1n) is 10.9. The van der Waals surface area contributed by atoms with Gasteiger partial charge in [0.2, 0.25) is 11.9 Å². The van der Waals surface area contributed by atoms with E-state index in [9.17, 15) is 9.59 Å². The van der Waals surface area contributed by atoms with Crippen LogP contribution >= 0.6 is 0 Å². The maximum atomic E-state index is 13.4. The van der Waals surface area contributed by atoms with Crippen molar-refractivity contribution in [3.8, 4) is 5.75 Å². The van der Waals surface area contributed by atoms with Crippen molar-refractivity contribution in [2.24, 2.45) is 0 Å². The number of carbonyl (C=O) groups excluding carboxylic acids is 2. The van der Waals surface area contributed by atoms with Crippen LogP contribution in [0.25, 0.3) is 10.8 Å². The third-order valence-electron chi connectivity index (χ3n) is 5.93. The fourth-order valence-corrected chi connectivity index (χ4v) is 4.05. The molecule has 10 heteroatoms. The summed E-state index contributed by atoms with van der Waals surface area (Å²) in [6.45, 7) is 1.53. The van der Waals surface area contributed by atoms with Gasteiger partial charge in [-0.25, -0.2) is 4.79 Å². The monoisotopic (exact) mass is 469 g/mol. The van der Waals surface area contributed by atoms with Crippen LogP contribution < -0.4 is 21.1 Å². The lowest BCUT2D eigenvalue weighted by molar-refractivity contribution is -0.131. The number of hydrogen-bond acceptors (Lipinski definition) is 8. The first kappa shape index (κ1) is 22.1. The van der Waals surface area contributed by atoms with Gasteiger partial charge in [-0.3, -0.25) is 9.69 Å². The number of amides is 3. The molecule has 3 aromatic carbocycles. The van der Waals surface area contributed by atoms with Crippen molar-refractivity contribution >= 4 is 40.3 Å². The average molecular weight is 470 g/mol. The molecule has 1 aromatic heterocycles. The highest BCUT2D eigenvalue weighted by Crippen LogP contribution is 2.32. The quantitative estimate of drug-likeness (QED) is 0.366. The molecule has 5 rings (SSSR count). The van der Waals surface area contributed by atoms with Crippen LogP contribution in [-0.4, -0.2) is 38.9 Å². The van der Waals surface area contributed by atoms with E-state index < -0.39 is 17.5 Å². The van der Waals surface area contributed by atoms with E-state index in [1.807, 2.05) is 66.7 Å². The summed E-state index contributed by atoms with van der Waals surface area (Å²) in [7, 11) is 1.61. The molecule has 1 aliphatic heterocycles. The standard InChI is InChI=1S/C25H23N7O3/c1-25(17-10-8-16-13-19(35-2)11-9-15(16)12-17)21(33)32(24(34)31-25)14-20-28-22(26)30-23(29-20)27-18-6-4-3-5-7-18/h3-13H,14H2,1-2H3,(H,31,34)(H3,26,27,28,29,30)/t25-/m0/s1. The number of benzene rings is 3. The van der Waals surface area contributed by atoms with Crippen molar-refractivity contribution in [1.29, 1.82) is 0 Å². The number of anilines is 3. The highest BCUT2D eigenvalue weighted by molar-refractivity contribution is 6.07. The molecule has 4 aromatic rings. The predicted octanol–water partition coefficient (Wildman–Crippen LogP) is 3.33. The number of urea groups is 1. The molecular formula is C25H23N7O3. The molecule has 3 amide bonds. The Hall–Kier alpha value is -4.73. The number of nitrogens with zero attached hydrogens (tertiary/aromatic N) is 4. The van der Waals surface area contributed by atoms with Gasteiger partial charge in [0, 0.05) is 5.69 Å². The SMILES string of the molecule is COc1ccc2cc([C@]3(C)NC(=O)N(Cc4nc(N)nc(Nc5ccccc5)n4)C3=O)ccc2c1. The Balaban J connectivity index is 1.40. The van der Waals surface area contributed by atoms with Crippen molar-refractivity contribution < 1.29 is 14.3 Å².